The van der Waals surface area contributed by atoms with E-state index in [2.05, 4.69) is 35.1 Å². The minimum atomic E-state index is -0.282. The third kappa shape index (κ3) is 4.80. The number of nitrogens with one attached hydrogen (secondary N) is 3. The van der Waals surface area contributed by atoms with Gasteiger partial charge in [-0.15, -0.1) is 0 Å². The van der Waals surface area contributed by atoms with Crippen molar-refractivity contribution in [3.8, 4) is 0 Å². The third-order valence-corrected chi connectivity index (χ3v) is 8.42. The summed E-state index contributed by atoms with van der Waals surface area (Å²) in [5, 5.41) is 5.69. The molecule has 5 fully saturated rings. The minimum Gasteiger partial charge on any atom is -0.349 e. The molecule has 5 rings (SSSR count). The largest absolute Gasteiger partial charge is 0.349 e. The highest BCUT2D eigenvalue weighted by Gasteiger charge is 2.44. The zero-order chi connectivity index (χ0) is 21.4. The molecular weight excluding hydrogens is 396 g/mol. The highest BCUT2D eigenvalue weighted by Crippen LogP contribution is 2.37. The Bertz CT molecular complexity index is 631. The number of fused-ring (bicyclic) bond motifs is 1. The van der Waals surface area contributed by atoms with Gasteiger partial charge in [0.1, 0.15) is 12.8 Å². The summed E-state index contributed by atoms with van der Waals surface area (Å²) in [6, 6.07) is 0.343. The molecule has 8 heteroatoms. The van der Waals surface area contributed by atoms with Crippen LogP contribution in [0.1, 0.15) is 71.6 Å². The zero-order valence-corrected chi connectivity index (χ0v) is 19.1. The maximum Gasteiger partial charge on any atom is 0.239 e. The van der Waals surface area contributed by atoms with E-state index in [4.69, 9.17) is 14.3 Å². The lowest BCUT2D eigenvalue weighted by molar-refractivity contribution is -0.125. The van der Waals surface area contributed by atoms with E-state index in [1.807, 2.05) is 0 Å². The SMILES string of the molecule is CC1NN(CC2CCCCC2)C(C)C1NC(=O)C1CC(C2CCC3OCOC3C2)ON1. The van der Waals surface area contributed by atoms with Crippen molar-refractivity contribution >= 4 is 5.91 Å². The van der Waals surface area contributed by atoms with Gasteiger partial charge in [0, 0.05) is 25.0 Å². The quantitative estimate of drug-likeness (QED) is 0.607. The summed E-state index contributed by atoms with van der Waals surface area (Å²) in [7, 11) is 0. The van der Waals surface area contributed by atoms with E-state index in [1.54, 1.807) is 0 Å². The number of hydroxylamine groups is 1. The van der Waals surface area contributed by atoms with Crippen LogP contribution in [0.25, 0.3) is 0 Å². The number of hydrazine groups is 1. The first kappa shape index (κ1) is 22.0. The van der Waals surface area contributed by atoms with Gasteiger partial charge in [-0.3, -0.25) is 9.63 Å². The molecule has 0 aromatic carbocycles. The average molecular weight is 437 g/mol. The van der Waals surface area contributed by atoms with Crippen molar-refractivity contribution in [2.24, 2.45) is 11.8 Å². The molecule has 0 radical (unpaired) electrons. The lowest BCUT2D eigenvalue weighted by Gasteiger charge is -2.32. The monoisotopic (exact) mass is 436 g/mol. The van der Waals surface area contributed by atoms with Crippen LogP contribution in [0.3, 0.4) is 0 Å². The lowest BCUT2D eigenvalue weighted by Crippen LogP contribution is -2.52. The molecule has 1 amide bonds. The van der Waals surface area contributed by atoms with Crippen LogP contribution >= 0.6 is 0 Å². The normalized spacial score (nSPS) is 44.5. The van der Waals surface area contributed by atoms with Gasteiger partial charge >= 0.3 is 0 Å². The Morgan fingerprint density at radius 2 is 1.81 bits per heavy atom. The van der Waals surface area contributed by atoms with Crippen LogP contribution in [-0.2, 0) is 19.1 Å². The summed E-state index contributed by atoms with van der Waals surface area (Å²) >= 11 is 0. The highest BCUT2D eigenvalue weighted by molar-refractivity contribution is 5.82. The van der Waals surface area contributed by atoms with Crippen molar-refractivity contribution in [1.82, 2.24) is 21.2 Å². The summed E-state index contributed by atoms with van der Waals surface area (Å²) in [4.78, 5) is 18.9. The molecule has 3 heterocycles. The first-order valence-electron chi connectivity index (χ1n) is 12.6. The molecule has 31 heavy (non-hydrogen) atoms. The second kappa shape index (κ2) is 9.61. The van der Waals surface area contributed by atoms with Gasteiger partial charge in [-0.1, -0.05) is 19.3 Å². The van der Waals surface area contributed by atoms with Gasteiger partial charge in [-0.25, -0.2) is 10.4 Å². The van der Waals surface area contributed by atoms with E-state index in [0.717, 1.165) is 38.1 Å². The Hall–Kier alpha value is -0.770. The summed E-state index contributed by atoms with van der Waals surface area (Å²) in [6.45, 7) is 5.90. The number of hydrogen-bond donors (Lipinski definition) is 3. The topological polar surface area (TPSA) is 84.1 Å². The van der Waals surface area contributed by atoms with E-state index < -0.39 is 0 Å². The van der Waals surface area contributed by atoms with Gasteiger partial charge in [0.25, 0.3) is 0 Å². The molecular formula is C23H40N4O4. The van der Waals surface area contributed by atoms with Gasteiger partial charge in [0.05, 0.1) is 24.4 Å². The van der Waals surface area contributed by atoms with Gasteiger partial charge in [-0.05, 0) is 57.8 Å². The number of nitrogens with zero attached hydrogens (tertiary/aromatic N) is 1. The van der Waals surface area contributed by atoms with Crippen LogP contribution in [0.2, 0.25) is 0 Å². The Morgan fingerprint density at radius 3 is 2.65 bits per heavy atom. The van der Waals surface area contributed by atoms with Crippen LogP contribution in [0.5, 0.6) is 0 Å². The predicted molar refractivity (Wildman–Crippen MR) is 116 cm³/mol. The second-order valence-corrected chi connectivity index (χ2v) is 10.5. The number of ether oxygens (including phenoxy) is 2. The Balaban J connectivity index is 1.10. The van der Waals surface area contributed by atoms with E-state index in [-0.39, 0.29) is 48.4 Å². The fourth-order valence-electron chi connectivity index (χ4n) is 6.45. The Kier molecular flexibility index (Phi) is 6.83. The first-order valence-corrected chi connectivity index (χ1v) is 12.6. The van der Waals surface area contributed by atoms with Crippen molar-refractivity contribution in [1.29, 1.82) is 0 Å². The molecule has 0 aromatic rings. The molecule has 5 aliphatic rings. The number of carbonyl (C=O) groups excluding carboxylic acids is 1. The molecule has 0 aromatic heterocycles. The van der Waals surface area contributed by atoms with Crippen LogP contribution in [-0.4, -0.2) is 66.7 Å². The molecule has 3 aliphatic heterocycles. The number of rotatable bonds is 5. The molecule has 2 aliphatic carbocycles. The maximum absolute atomic E-state index is 13.1. The molecule has 8 nitrogen and oxygen atoms in total. The first-order chi connectivity index (χ1) is 15.1. The van der Waals surface area contributed by atoms with Crippen molar-refractivity contribution in [2.45, 2.75) is 114 Å². The van der Waals surface area contributed by atoms with E-state index in [0.29, 0.717) is 12.7 Å². The minimum absolute atomic E-state index is 0.0571. The van der Waals surface area contributed by atoms with Crippen molar-refractivity contribution in [2.75, 3.05) is 13.3 Å². The molecule has 176 valence electrons. The number of amides is 1. The average Bonchev–Trinajstić information content (AvgIpc) is 3.50. The number of carbonyl (C=O) groups is 1. The molecule has 8 unspecified atom stereocenters. The summed E-state index contributed by atoms with van der Waals surface area (Å²) in [5.74, 6) is 1.26. The zero-order valence-electron chi connectivity index (χ0n) is 19.1. The number of hydrogen-bond acceptors (Lipinski definition) is 7. The van der Waals surface area contributed by atoms with Gasteiger partial charge in [0.2, 0.25) is 5.91 Å². The molecule has 2 saturated carbocycles. The summed E-state index contributed by atoms with van der Waals surface area (Å²) in [6.07, 6.45) is 11.1. The molecule has 3 saturated heterocycles. The highest BCUT2D eigenvalue weighted by atomic mass is 16.7. The van der Waals surface area contributed by atoms with E-state index in [9.17, 15) is 4.79 Å². The van der Waals surface area contributed by atoms with Crippen molar-refractivity contribution in [3.05, 3.63) is 0 Å². The standard InChI is InChI=1S/C23H40N4O4/c1-14-22(15(2)27(25-14)12-16-6-4-3-5-7-16)24-23(28)18-11-20(31-26-18)17-8-9-19-21(10-17)30-13-29-19/h14-22,25-26H,3-13H2,1-2H3,(H,24,28). The van der Waals surface area contributed by atoms with Crippen LogP contribution in [0.15, 0.2) is 0 Å². The van der Waals surface area contributed by atoms with Gasteiger partial charge in [0.15, 0.2) is 0 Å². The second-order valence-electron chi connectivity index (χ2n) is 10.5. The molecule has 0 spiro atoms. The molecule has 3 N–H and O–H groups in total. The van der Waals surface area contributed by atoms with Crippen LogP contribution < -0.4 is 16.2 Å². The predicted octanol–water partition coefficient (Wildman–Crippen LogP) is 1.85. The van der Waals surface area contributed by atoms with Crippen LogP contribution in [0, 0.1) is 11.8 Å². The maximum atomic E-state index is 13.1. The fourth-order valence-corrected chi connectivity index (χ4v) is 6.45. The fraction of sp³-hybridized carbons (Fsp3) is 0.957. The summed E-state index contributed by atoms with van der Waals surface area (Å²) in [5.41, 5.74) is 6.65. The molecule has 8 atom stereocenters. The van der Waals surface area contributed by atoms with E-state index >= 15 is 0 Å². The Labute approximate surface area is 186 Å². The van der Waals surface area contributed by atoms with Crippen molar-refractivity contribution < 1.29 is 19.1 Å². The lowest BCUT2D eigenvalue weighted by atomic mass is 9.80. The Morgan fingerprint density at radius 1 is 1.00 bits per heavy atom. The molecule has 0 bridgehead atoms. The van der Waals surface area contributed by atoms with E-state index in [1.165, 1.54) is 32.1 Å². The van der Waals surface area contributed by atoms with Crippen LogP contribution in [0.4, 0.5) is 0 Å². The van der Waals surface area contributed by atoms with Gasteiger partial charge in [-0.2, -0.15) is 5.48 Å². The smallest absolute Gasteiger partial charge is 0.239 e. The summed E-state index contributed by atoms with van der Waals surface area (Å²) < 4.78 is 11.3. The van der Waals surface area contributed by atoms with Crippen molar-refractivity contribution in [3.63, 3.8) is 0 Å². The third-order valence-electron chi connectivity index (χ3n) is 8.42. The van der Waals surface area contributed by atoms with Gasteiger partial charge < -0.3 is 14.8 Å².